The summed E-state index contributed by atoms with van der Waals surface area (Å²) in [7, 11) is 0. The van der Waals surface area contributed by atoms with Crippen molar-refractivity contribution in [2.24, 2.45) is 0 Å². The normalized spacial score (nSPS) is 26.9. The lowest BCUT2D eigenvalue weighted by Gasteiger charge is -2.27. The van der Waals surface area contributed by atoms with Crippen molar-refractivity contribution < 1.29 is 9.21 Å². The highest BCUT2D eigenvalue weighted by atomic mass is 16.3. The van der Waals surface area contributed by atoms with Gasteiger partial charge in [0.05, 0.1) is 18.8 Å². The summed E-state index contributed by atoms with van der Waals surface area (Å²) in [6, 6.07) is 3.92. The Morgan fingerprint density at radius 3 is 3.06 bits per heavy atom. The number of hydrogen-bond donors (Lipinski definition) is 1. The number of carbonyl (C=O) groups is 1. The second-order valence-corrected chi connectivity index (χ2v) is 4.36. The van der Waals surface area contributed by atoms with E-state index >= 15 is 0 Å². The van der Waals surface area contributed by atoms with E-state index in [-0.39, 0.29) is 18.0 Å². The SMILES string of the molecule is CC1NCCC(C)N(Cc2ccco2)C1=O. The number of amides is 1. The van der Waals surface area contributed by atoms with Crippen molar-refractivity contribution in [2.45, 2.75) is 38.9 Å². The molecule has 1 aliphatic rings. The van der Waals surface area contributed by atoms with Gasteiger partial charge in [0.2, 0.25) is 5.91 Å². The van der Waals surface area contributed by atoms with Crippen molar-refractivity contribution in [3.63, 3.8) is 0 Å². The molecular formula is C12H18N2O2. The monoisotopic (exact) mass is 222 g/mol. The zero-order valence-electron chi connectivity index (χ0n) is 9.77. The molecule has 1 N–H and O–H groups in total. The molecule has 2 unspecified atom stereocenters. The fourth-order valence-electron chi connectivity index (χ4n) is 2.02. The lowest BCUT2D eigenvalue weighted by Crippen LogP contribution is -2.43. The molecule has 16 heavy (non-hydrogen) atoms. The van der Waals surface area contributed by atoms with Crippen LogP contribution in [0.5, 0.6) is 0 Å². The molecule has 0 aromatic carbocycles. The van der Waals surface area contributed by atoms with Crippen LogP contribution in [0.3, 0.4) is 0 Å². The van der Waals surface area contributed by atoms with Crippen molar-refractivity contribution in [3.8, 4) is 0 Å². The maximum atomic E-state index is 12.1. The second-order valence-electron chi connectivity index (χ2n) is 4.36. The first-order valence-corrected chi connectivity index (χ1v) is 5.74. The molecule has 1 aromatic rings. The minimum absolute atomic E-state index is 0.0973. The summed E-state index contributed by atoms with van der Waals surface area (Å²) in [5.41, 5.74) is 0. The number of hydrogen-bond acceptors (Lipinski definition) is 3. The topological polar surface area (TPSA) is 45.5 Å². The summed E-state index contributed by atoms with van der Waals surface area (Å²) in [5.74, 6) is 0.996. The summed E-state index contributed by atoms with van der Waals surface area (Å²) in [5, 5.41) is 3.21. The van der Waals surface area contributed by atoms with Crippen LogP contribution in [-0.2, 0) is 11.3 Å². The molecule has 0 bridgehead atoms. The molecule has 2 heterocycles. The highest BCUT2D eigenvalue weighted by molar-refractivity contribution is 5.82. The van der Waals surface area contributed by atoms with Gasteiger partial charge in [0.1, 0.15) is 5.76 Å². The van der Waals surface area contributed by atoms with Gasteiger partial charge in [0.15, 0.2) is 0 Å². The number of rotatable bonds is 2. The van der Waals surface area contributed by atoms with Crippen molar-refractivity contribution in [1.29, 1.82) is 0 Å². The quantitative estimate of drug-likeness (QED) is 0.822. The van der Waals surface area contributed by atoms with Gasteiger partial charge in [-0.25, -0.2) is 0 Å². The number of nitrogens with one attached hydrogen (secondary N) is 1. The Kier molecular flexibility index (Phi) is 3.29. The Morgan fingerprint density at radius 1 is 1.56 bits per heavy atom. The molecule has 4 heteroatoms. The average molecular weight is 222 g/mol. The zero-order chi connectivity index (χ0) is 11.5. The predicted molar refractivity (Wildman–Crippen MR) is 60.8 cm³/mol. The lowest BCUT2D eigenvalue weighted by atomic mass is 10.2. The maximum Gasteiger partial charge on any atom is 0.240 e. The molecule has 88 valence electrons. The van der Waals surface area contributed by atoms with E-state index in [4.69, 9.17) is 4.42 Å². The van der Waals surface area contributed by atoms with Crippen LogP contribution in [0, 0.1) is 0 Å². The van der Waals surface area contributed by atoms with E-state index in [1.165, 1.54) is 0 Å². The molecule has 0 radical (unpaired) electrons. The van der Waals surface area contributed by atoms with Gasteiger partial charge < -0.3 is 14.6 Å². The van der Waals surface area contributed by atoms with Crippen molar-refractivity contribution in [1.82, 2.24) is 10.2 Å². The summed E-state index contributed by atoms with van der Waals surface area (Å²) >= 11 is 0. The molecule has 4 nitrogen and oxygen atoms in total. The molecule has 2 rings (SSSR count). The van der Waals surface area contributed by atoms with E-state index < -0.39 is 0 Å². The smallest absolute Gasteiger partial charge is 0.240 e. The fraction of sp³-hybridized carbons (Fsp3) is 0.583. The first-order valence-electron chi connectivity index (χ1n) is 5.74. The highest BCUT2D eigenvalue weighted by Gasteiger charge is 2.28. The third kappa shape index (κ3) is 2.27. The van der Waals surface area contributed by atoms with Crippen LogP contribution in [-0.4, -0.2) is 29.4 Å². The molecule has 1 aromatic heterocycles. The van der Waals surface area contributed by atoms with Crippen molar-refractivity contribution in [3.05, 3.63) is 24.2 Å². The van der Waals surface area contributed by atoms with Gasteiger partial charge in [-0.05, 0) is 38.9 Å². The van der Waals surface area contributed by atoms with Gasteiger partial charge in [0.25, 0.3) is 0 Å². The molecule has 0 spiro atoms. The van der Waals surface area contributed by atoms with Gasteiger partial charge in [-0.3, -0.25) is 4.79 Å². The average Bonchev–Trinajstić information content (AvgIpc) is 2.73. The standard InChI is InChI=1S/C12H18N2O2/c1-9-5-6-13-10(2)12(15)14(9)8-11-4-3-7-16-11/h3-4,7,9-10,13H,5-6,8H2,1-2H3. The fourth-order valence-corrected chi connectivity index (χ4v) is 2.02. The van der Waals surface area contributed by atoms with Crippen LogP contribution >= 0.6 is 0 Å². The van der Waals surface area contributed by atoms with Crippen LogP contribution < -0.4 is 5.32 Å². The third-order valence-corrected chi connectivity index (χ3v) is 3.10. The molecule has 0 saturated carbocycles. The van der Waals surface area contributed by atoms with Crippen LogP contribution in [0.15, 0.2) is 22.8 Å². The molecule has 0 aliphatic carbocycles. The zero-order valence-corrected chi connectivity index (χ0v) is 9.77. The van der Waals surface area contributed by atoms with E-state index in [0.717, 1.165) is 18.7 Å². The van der Waals surface area contributed by atoms with Gasteiger partial charge in [-0.15, -0.1) is 0 Å². The maximum absolute atomic E-state index is 12.1. The number of nitrogens with zero attached hydrogens (tertiary/aromatic N) is 1. The van der Waals surface area contributed by atoms with E-state index in [1.807, 2.05) is 24.0 Å². The first-order chi connectivity index (χ1) is 7.68. The predicted octanol–water partition coefficient (Wildman–Crippen LogP) is 1.38. The molecule has 1 fully saturated rings. The number of furan rings is 1. The van der Waals surface area contributed by atoms with Gasteiger partial charge >= 0.3 is 0 Å². The van der Waals surface area contributed by atoms with Crippen LogP contribution in [0.4, 0.5) is 0 Å². The molecule has 1 aliphatic heterocycles. The Morgan fingerprint density at radius 2 is 2.38 bits per heavy atom. The van der Waals surface area contributed by atoms with Gasteiger partial charge in [0, 0.05) is 6.04 Å². The third-order valence-electron chi connectivity index (χ3n) is 3.10. The first kappa shape index (κ1) is 11.2. The van der Waals surface area contributed by atoms with E-state index in [1.54, 1.807) is 6.26 Å². The summed E-state index contributed by atoms with van der Waals surface area (Å²) in [6.45, 7) is 5.46. The Labute approximate surface area is 95.6 Å². The van der Waals surface area contributed by atoms with E-state index in [0.29, 0.717) is 6.54 Å². The Bertz CT molecular complexity index is 348. The minimum Gasteiger partial charge on any atom is -0.467 e. The largest absolute Gasteiger partial charge is 0.467 e. The van der Waals surface area contributed by atoms with E-state index in [2.05, 4.69) is 12.2 Å². The molecular weight excluding hydrogens is 204 g/mol. The number of carbonyl (C=O) groups excluding carboxylic acids is 1. The van der Waals surface area contributed by atoms with Crippen molar-refractivity contribution in [2.75, 3.05) is 6.54 Å². The summed E-state index contributed by atoms with van der Waals surface area (Å²) < 4.78 is 5.29. The molecule has 1 saturated heterocycles. The molecule has 1 amide bonds. The molecule has 2 atom stereocenters. The van der Waals surface area contributed by atoms with Gasteiger partial charge in [-0.1, -0.05) is 0 Å². The van der Waals surface area contributed by atoms with Crippen LogP contribution in [0.25, 0.3) is 0 Å². The van der Waals surface area contributed by atoms with Crippen LogP contribution in [0.1, 0.15) is 26.0 Å². The van der Waals surface area contributed by atoms with E-state index in [9.17, 15) is 4.79 Å². The van der Waals surface area contributed by atoms with Crippen LogP contribution in [0.2, 0.25) is 0 Å². The Hall–Kier alpha value is -1.29. The lowest BCUT2D eigenvalue weighted by molar-refractivity contribution is -0.135. The Balaban J connectivity index is 2.12. The minimum atomic E-state index is -0.0973. The summed E-state index contributed by atoms with van der Waals surface area (Å²) in [6.07, 6.45) is 2.63. The summed E-state index contributed by atoms with van der Waals surface area (Å²) in [4.78, 5) is 14.0. The van der Waals surface area contributed by atoms with Gasteiger partial charge in [-0.2, -0.15) is 0 Å². The highest BCUT2D eigenvalue weighted by Crippen LogP contribution is 2.15. The second kappa shape index (κ2) is 4.70. The van der Waals surface area contributed by atoms with Crippen molar-refractivity contribution >= 4 is 5.91 Å².